The average Bonchev–Trinajstić information content (AvgIpc) is 1.89. The second-order valence-electron chi connectivity index (χ2n) is 1.69. The van der Waals surface area contributed by atoms with Crippen molar-refractivity contribution in [2.45, 2.75) is 12.3 Å². The van der Waals surface area contributed by atoms with Gasteiger partial charge in [-0.3, -0.25) is 0 Å². The Morgan fingerprint density at radius 3 is 2.80 bits per heavy atom. The van der Waals surface area contributed by atoms with E-state index in [1.54, 1.807) is 16.2 Å². The molecular formula is C6H10FO2P. The van der Waals surface area contributed by atoms with Crippen LogP contribution in [0.3, 0.4) is 0 Å². The van der Waals surface area contributed by atoms with Crippen LogP contribution in [0.4, 0.5) is 4.39 Å². The van der Waals surface area contributed by atoms with Crippen molar-refractivity contribution in [3.05, 3.63) is 12.7 Å². The highest BCUT2D eigenvalue weighted by Gasteiger charge is 2.30. The maximum absolute atomic E-state index is 12.8. The van der Waals surface area contributed by atoms with Crippen LogP contribution in [0.25, 0.3) is 0 Å². The van der Waals surface area contributed by atoms with Gasteiger partial charge in [0.1, 0.15) is 0 Å². The van der Waals surface area contributed by atoms with Crippen molar-refractivity contribution in [2.24, 2.45) is 0 Å². The van der Waals surface area contributed by atoms with Crippen molar-refractivity contribution in [3.63, 3.8) is 0 Å². The van der Waals surface area contributed by atoms with E-state index < -0.39 is 11.4 Å². The number of carbonyl (C=O) groups excluding carboxylic acids is 1. The number of alkyl halides is 1. The Kier molecular flexibility index (Phi) is 3.51. The Morgan fingerprint density at radius 2 is 2.50 bits per heavy atom. The molecule has 0 aliphatic heterocycles. The molecule has 58 valence electrons. The summed E-state index contributed by atoms with van der Waals surface area (Å²) < 4.78 is 17.2. The molecule has 0 radical (unpaired) electrons. The first-order chi connectivity index (χ1) is 4.54. The maximum Gasteiger partial charge on any atom is 0.351 e. The molecule has 0 amide bonds. The molecule has 0 fully saturated rings. The van der Waals surface area contributed by atoms with Crippen LogP contribution < -0.4 is 0 Å². The zero-order valence-corrected chi connectivity index (χ0v) is 6.92. The molecule has 2 atom stereocenters. The first-order valence-corrected chi connectivity index (χ1v) is 3.41. The van der Waals surface area contributed by atoms with Crippen LogP contribution in [0.1, 0.15) is 6.92 Å². The molecule has 0 saturated heterocycles. The number of halogens is 1. The fraction of sp³-hybridized carbons (Fsp3) is 0.500. The predicted octanol–water partition coefficient (Wildman–Crippen LogP) is 1.28. The van der Waals surface area contributed by atoms with Crippen molar-refractivity contribution >= 4 is 15.2 Å². The molecule has 0 rings (SSSR count). The maximum atomic E-state index is 12.8. The van der Waals surface area contributed by atoms with Crippen molar-refractivity contribution in [3.8, 4) is 0 Å². The number of esters is 1. The number of ether oxygens (including phenoxy) is 1. The summed E-state index contributed by atoms with van der Waals surface area (Å²) in [5.74, 6) is -0.921. The SMILES string of the molecule is C=CC(F)(P)C(=O)OCC. The van der Waals surface area contributed by atoms with E-state index >= 15 is 0 Å². The monoisotopic (exact) mass is 164 g/mol. The van der Waals surface area contributed by atoms with Gasteiger partial charge in [-0.1, -0.05) is 15.8 Å². The highest BCUT2D eigenvalue weighted by atomic mass is 31.0. The molecule has 0 aromatic carbocycles. The van der Waals surface area contributed by atoms with Gasteiger partial charge in [0, 0.05) is 0 Å². The minimum Gasteiger partial charge on any atom is -0.463 e. The average molecular weight is 164 g/mol. The molecule has 0 aromatic rings. The van der Waals surface area contributed by atoms with E-state index in [1.165, 1.54) is 0 Å². The minimum atomic E-state index is -2.13. The van der Waals surface area contributed by atoms with Crippen LogP contribution in [0.2, 0.25) is 0 Å². The van der Waals surface area contributed by atoms with E-state index in [2.05, 4.69) is 11.3 Å². The molecule has 4 heteroatoms. The highest BCUT2D eigenvalue weighted by Crippen LogP contribution is 2.22. The summed E-state index contributed by atoms with van der Waals surface area (Å²) in [6, 6.07) is 0. The minimum absolute atomic E-state index is 0.173. The van der Waals surface area contributed by atoms with Crippen LogP contribution in [0.5, 0.6) is 0 Å². The largest absolute Gasteiger partial charge is 0.463 e. The third-order valence-corrected chi connectivity index (χ3v) is 1.36. The molecule has 0 spiro atoms. The van der Waals surface area contributed by atoms with Gasteiger partial charge in [-0.25, -0.2) is 9.18 Å². The van der Waals surface area contributed by atoms with E-state index in [4.69, 9.17) is 0 Å². The third kappa shape index (κ3) is 2.44. The number of carbonyl (C=O) groups is 1. The van der Waals surface area contributed by atoms with Gasteiger partial charge >= 0.3 is 5.97 Å². The normalized spacial score (nSPS) is 15.5. The first kappa shape index (κ1) is 9.57. The van der Waals surface area contributed by atoms with E-state index in [0.717, 1.165) is 6.08 Å². The van der Waals surface area contributed by atoms with Gasteiger partial charge in [-0.2, -0.15) is 0 Å². The molecule has 0 saturated carbocycles. The van der Waals surface area contributed by atoms with Crippen LogP contribution in [-0.4, -0.2) is 18.0 Å². The van der Waals surface area contributed by atoms with Gasteiger partial charge in [-0.05, 0) is 13.0 Å². The molecule has 0 aromatic heterocycles. The van der Waals surface area contributed by atoms with Crippen molar-refractivity contribution in [1.29, 1.82) is 0 Å². The summed E-state index contributed by atoms with van der Waals surface area (Å²) in [5.41, 5.74) is 0. The lowest BCUT2D eigenvalue weighted by atomic mass is 10.4. The number of hydrogen-bond acceptors (Lipinski definition) is 2. The molecule has 0 bridgehead atoms. The molecule has 0 N–H and O–H groups in total. The lowest BCUT2D eigenvalue weighted by Crippen LogP contribution is -2.26. The molecule has 0 heterocycles. The fourth-order valence-corrected chi connectivity index (χ4v) is 0.408. The Hall–Kier alpha value is -0.430. The summed E-state index contributed by atoms with van der Waals surface area (Å²) >= 11 is 0. The molecular weight excluding hydrogens is 154 g/mol. The molecule has 0 aliphatic rings. The summed E-state index contributed by atoms with van der Waals surface area (Å²) in [6.07, 6.45) is 0.885. The van der Waals surface area contributed by atoms with E-state index in [1.807, 2.05) is 0 Å². The Labute approximate surface area is 61.6 Å². The highest BCUT2D eigenvalue weighted by molar-refractivity contribution is 7.21. The van der Waals surface area contributed by atoms with Gasteiger partial charge in [-0.15, -0.1) is 0 Å². The molecule has 10 heavy (non-hydrogen) atoms. The lowest BCUT2D eigenvalue weighted by molar-refractivity contribution is -0.148. The first-order valence-electron chi connectivity index (χ1n) is 2.83. The van der Waals surface area contributed by atoms with Gasteiger partial charge in [0.2, 0.25) is 5.41 Å². The van der Waals surface area contributed by atoms with Crippen molar-refractivity contribution in [2.75, 3.05) is 6.61 Å². The third-order valence-electron chi connectivity index (χ3n) is 0.885. The van der Waals surface area contributed by atoms with Crippen molar-refractivity contribution in [1.82, 2.24) is 0 Å². The summed E-state index contributed by atoms with van der Waals surface area (Å²) in [4.78, 5) is 10.6. The Balaban J connectivity index is 4.04. The topological polar surface area (TPSA) is 26.3 Å². The predicted molar refractivity (Wildman–Crippen MR) is 40.4 cm³/mol. The van der Waals surface area contributed by atoms with Crippen molar-refractivity contribution < 1.29 is 13.9 Å². The lowest BCUT2D eigenvalue weighted by Gasteiger charge is -2.12. The zero-order chi connectivity index (χ0) is 8.20. The van der Waals surface area contributed by atoms with Crippen LogP contribution in [-0.2, 0) is 9.53 Å². The second kappa shape index (κ2) is 3.67. The van der Waals surface area contributed by atoms with Gasteiger partial charge in [0.25, 0.3) is 0 Å². The molecule has 2 nitrogen and oxygen atoms in total. The van der Waals surface area contributed by atoms with Gasteiger partial charge in [0.15, 0.2) is 0 Å². The van der Waals surface area contributed by atoms with E-state index in [9.17, 15) is 9.18 Å². The van der Waals surface area contributed by atoms with Crippen LogP contribution in [0.15, 0.2) is 12.7 Å². The molecule has 0 aliphatic carbocycles. The molecule has 2 unspecified atom stereocenters. The van der Waals surface area contributed by atoms with Crippen LogP contribution in [0, 0.1) is 0 Å². The fourth-order valence-electron chi connectivity index (χ4n) is 0.325. The second-order valence-corrected chi connectivity index (χ2v) is 2.53. The van der Waals surface area contributed by atoms with Gasteiger partial charge < -0.3 is 4.74 Å². The quantitative estimate of drug-likeness (QED) is 0.356. The zero-order valence-electron chi connectivity index (χ0n) is 5.76. The smallest absolute Gasteiger partial charge is 0.351 e. The standard InChI is InChI=1S/C6H10FO2P/c1-3-6(7,10)5(8)9-4-2/h3H,1,4,10H2,2H3. The van der Waals surface area contributed by atoms with Gasteiger partial charge in [0.05, 0.1) is 6.61 Å². The van der Waals surface area contributed by atoms with E-state index in [-0.39, 0.29) is 6.61 Å². The summed E-state index contributed by atoms with van der Waals surface area (Å²) in [6.45, 7) is 4.93. The number of rotatable bonds is 3. The Morgan fingerprint density at radius 1 is 2.00 bits per heavy atom. The summed E-state index contributed by atoms with van der Waals surface area (Å²) in [5, 5.41) is -2.13. The van der Waals surface area contributed by atoms with Crippen LogP contribution >= 0.6 is 9.24 Å². The van der Waals surface area contributed by atoms with E-state index in [0.29, 0.717) is 0 Å². The number of hydrogen-bond donors (Lipinski definition) is 0. The Bertz CT molecular complexity index is 145. The summed E-state index contributed by atoms with van der Waals surface area (Å²) in [7, 11) is 1.72.